The minimum Gasteiger partial charge on any atom is -0.495 e. The van der Waals surface area contributed by atoms with Crippen LogP contribution in [0.15, 0.2) is 30.4 Å². The van der Waals surface area contributed by atoms with Crippen LogP contribution in [-0.2, 0) is 4.79 Å². The summed E-state index contributed by atoms with van der Waals surface area (Å²) in [5, 5.41) is 12.0. The Morgan fingerprint density at radius 1 is 1.62 bits per heavy atom. The highest BCUT2D eigenvalue weighted by atomic mass is 35.5. The highest BCUT2D eigenvalue weighted by molar-refractivity contribution is 6.32. The zero-order valence-corrected chi connectivity index (χ0v) is 9.54. The molecular formula is C11H12ClNO3. The number of rotatable bonds is 5. The molecule has 0 amide bonds. The number of benzene rings is 1. The molecular weight excluding hydrogens is 230 g/mol. The number of aliphatic carboxylic acids is 1. The van der Waals surface area contributed by atoms with Crippen molar-refractivity contribution in [3.8, 4) is 5.75 Å². The van der Waals surface area contributed by atoms with Crippen LogP contribution in [-0.4, -0.2) is 24.7 Å². The largest absolute Gasteiger partial charge is 0.495 e. The van der Waals surface area contributed by atoms with Crippen LogP contribution in [0.5, 0.6) is 5.75 Å². The number of carboxylic acids is 1. The number of methoxy groups -OCH3 is 1. The molecule has 0 bridgehead atoms. The second-order valence-corrected chi connectivity index (χ2v) is 3.52. The Labute approximate surface area is 98.5 Å². The number of anilines is 1. The van der Waals surface area contributed by atoms with E-state index in [1.807, 2.05) is 0 Å². The van der Waals surface area contributed by atoms with Gasteiger partial charge >= 0.3 is 5.97 Å². The van der Waals surface area contributed by atoms with Crippen molar-refractivity contribution in [2.45, 2.75) is 0 Å². The van der Waals surface area contributed by atoms with Gasteiger partial charge in [-0.1, -0.05) is 18.2 Å². The number of nitrogens with one attached hydrogen (secondary N) is 1. The third-order valence-electron chi connectivity index (χ3n) is 1.96. The Morgan fingerprint density at radius 3 is 2.88 bits per heavy atom. The molecule has 0 fully saturated rings. The quantitative estimate of drug-likeness (QED) is 0.778. The average molecular weight is 242 g/mol. The molecule has 0 saturated heterocycles. The molecule has 1 rings (SSSR count). The highest BCUT2D eigenvalue weighted by Gasteiger charge is 2.05. The lowest BCUT2D eigenvalue weighted by molar-refractivity contribution is -0.132. The van der Waals surface area contributed by atoms with E-state index in [-0.39, 0.29) is 12.1 Å². The molecule has 0 atom stereocenters. The molecule has 4 nitrogen and oxygen atoms in total. The van der Waals surface area contributed by atoms with Gasteiger partial charge in [0.15, 0.2) is 0 Å². The van der Waals surface area contributed by atoms with Crippen LogP contribution in [0, 0.1) is 0 Å². The molecule has 0 aliphatic heterocycles. The van der Waals surface area contributed by atoms with Gasteiger partial charge < -0.3 is 15.2 Å². The summed E-state index contributed by atoms with van der Waals surface area (Å²) in [6.07, 6.45) is 0. The Bertz CT molecular complexity index is 418. The number of ether oxygens (including phenoxy) is 1. The zero-order valence-electron chi connectivity index (χ0n) is 8.79. The molecule has 1 aromatic rings. The van der Waals surface area contributed by atoms with Gasteiger partial charge in [0.05, 0.1) is 12.1 Å². The SMILES string of the molecule is C=C(CNc1ccc(Cl)c(OC)c1)C(=O)O. The van der Waals surface area contributed by atoms with Gasteiger partial charge in [-0.15, -0.1) is 0 Å². The van der Waals surface area contributed by atoms with Crippen LogP contribution in [0.4, 0.5) is 5.69 Å². The lowest BCUT2D eigenvalue weighted by Gasteiger charge is -2.09. The summed E-state index contributed by atoms with van der Waals surface area (Å²) in [6, 6.07) is 5.10. The molecule has 2 N–H and O–H groups in total. The summed E-state index contributed by atoms with van der Waals surface area (Å²) in [7, 11) is 1.52. The first-order valence-electron chi connectivity index (χ1n) is 4.53. The minimum atomic E-state index is -1.02. The Hall–Kier alpha value is -1.68. The maximum Gasteiger partial charge on any atom is 0.332 e. The maximum atomic E-state index is 10.5. The van der Waals surface area contributed by atoms with E-state index in [1.54, 1.807) is 18.2 Å². The Balaban J connectivity index is 2.68. The fourth-order valence-electron chi connectivity index (χ4n) is 1.05. The molecule has 86 valence electrons. The molecule has 16 heavy (non-hydrogen) atoms. The van der Waals surface area contributed by atoms with Crippen LogP contribution in [0.25, 0.3) is 0 Å². The molecule has 1 aromatic carbocycles. The summed E-state index contributed by atoms with van der Waals surface area (Å²) in [5.41, 5.74) is 0.817. The van der Waals surface area contributed by atoms with Gasteiger partial charge in [0, 0.05) is 23.9 Å². The summed E-state index contributed by atoms with van der Waals surface area (Å²) < 4.78 is 5.03. The summed E-state index contributed by atoms with van der Waals surface area (Å²) >= 11 is 5.85. The van der Waals surface area contributed by atoms with Crippen LogP contribution in [0.3, 0.4) is 0 Å². The number of hydrogen-bond acceptors (Lipinski definition) is 3. The molecule has 0 heterocycles. The van der Waals surface area contributed by atoms with Crippen molar-refractivity contribution < 1.29 is 14.6 Å². The fraction of sp³-hybridized carbons (Fsp3) is 0.182. The van der Waals surface area contributed by atoms with Gasteiger partial charge in [-0.25, -0.2) is 4.79 Å². The second-order valence-electron chi connectivity index (χ2n) is 3.11. The Morgan fingerprint density at radius 2 is 2.31 bits per heavy atom. The van der Waals surface area contributed by atoms with Crippen LogP contribution in [0.1, 0.15) is 0 Å². The smallest absolute Gasteiger partial charge is 0.332 e. The molecule has 0 aliphatic rings. The predicted octanol–water partition coefficient (Wildman–Crippen LogP) is 2.40. The molecule has 0 aromatic heterocycles. The first-order chi connectivity index (χ1) is 7.54. The van der Waals surface area contributed by atoms with E-state index >= 15 is 0 Å². The van der Waals surface area contributed by atoms with Crippen LogP contribution in [0.2, 0.25) is 5.02 Å². The third kappa shape index (κ3) is 3.17. The molecule has 0 spiro atoms. The molecule has 0 unspecified atom stereocenters. The van der Waals surface area contributed by atoms with Crippen molar-refractivity contribution in [1.29, 1.82) is 0 Å². The van der Waals surface area contributed by atoms with E-state index in [9.17, 15) is 4.79 Å². The summed E-state index contributed by atoms with van der Waals surface area (Å²) in [6.45, 7) is 3.58. The third-order valence-corrected chi connectivity index (χ3v) is 2.27. The van der Waals surface area contributed by atoms with Gasteiger partial charge in [0.25, 0.3) is 0 Å². The standard InChI is InChI=1S/C11H12ClNO3/c1-7(11(14)15)6-13-8-3-4-9(12)10(5-8)16-2/h3-5,13H,1,6H2,2H3,(H,14,15). The maximum absolute atomic E-state index is 10.5. The fourth-order valence-corrected chi connectivity index (χ4v) is 1.25. The second kappa shape index (κ2) is 5.42. The topological polar surface area (TPSA) is 58.6 Å². The lowest BCUT2D eigenvalue weighted by Crippen LogP contribution is -2.11. The average Bonchev–Trinajstić information content (AvgIpc) is 2.27. The Kier molecular flexibility index (Phi) is 4.19. The molecule has 5 heteroatoms. The number of halogens is 1. The number of carbonyl (C=O) groups is 1. The first-order valence-corrected chi connectivity index (χ1v) is 4.91. The van der Waals surface area contributed by atoms with Gasteiger partial charge in [0.1, 0.15) is 5.75 Å². The van der Waals surface area contributed by atoms with Crippen molar-refractivity contribution >= 4 is 23.3 Å². The van der Waals surface area contributed by atoms with Gasteiger partial charge in [-0.3, -0.25) is 0 Å². The van der Waals surface area contributed by atoms with Crippen molar-refractivity contribution in [3.05, 3.63) is 35.4 Å². The van der Waals surface area contributed by atoms with Crippen molar-refractivity contribution in [2.24, 2.45) is 0 Å². The van der Waals surface area contributed by atoms with Crippen molar-refractivity contribution in [1.82, 2.24) is 0 Å². The first kappa shape index (κ1) is 12.4. The van der Waals surface area contributed by atoms with Crippen molar-refractivity contribution in [2.75, 3.05) is 19.0 Å². The van der Waals surface area contributed by atoms with Gasteiger partial charge in [-0.2, -0.15) is 0 Å². The van der Waals surface area contributed by atoms with Gasteiger partial charge in [-0.05, 0) is 12.1 Å². The number of hydrogen-bond donors (Lipinski definition) is 2. The van der Waals surface area contributed by atoms with E-state index in [0.29, 0.717) is 10.8 Å². The normalized spacial score (nSPS) is 9.62. The summed E-state index contributed by atoms with van der Waals surface area (Å²) in [5.74, 6) is -0.485. The summed E-state index contributed by atoms with van der Waals surface area (Å²) in [4.78, 5) is 10.5. The monoisotopic (exact) mass is 241 g/mol. The van der Waals surface area contributed by atoms with Crippen molar-refractivity contribution in [3.63, 3.8) is 0 Å². The van der Waals surface area contributed by atoms with E-state index < -0.39 is 5.97 Å². The van der Waals surface area contributed by atoms with Crippen LogP contribution < -0.4 is 10.1 Å². The lowest BCUT2D eigenvalue weighted by atomic mass is 10.2. The number of carboxylic acid groups (broad SMARTS) is 1. The van der Waals surface area contributed by atoms with E-state index in [1.165, 1.54) is 7.11 Å². The van der Waals surface area contributed by atoms with E-state index in [2.05, 4.69) is 11.9 Å². The van der Waals surface area contributed by atoms with Gasteiger partial charge in [0.2, 0.25) is 0 Å². The minimum absolute atomic E-state index is 0.0916. The molecule has 0 radical (unpaired) electrons. The zero-order chi connectivity index (χ0) is 12.1. The highest BCUT2D eigenvalue weighted by Crippen LogP contribution is 2.27. The van der Waals surface area contributed by atoms with E-state index in [4.69, 9.17) is 21.4 Å². The molecule has 0 aliphatic carbocycles. The van der Waals surface area contributed by atoms with E-state index in [0.717, 1.165) is 5.69 Å². The van der Waals surface area contributed by atoms with Crippen LogP contribution >= 0.6 is 11.6 Å². The molecule has 0 saturated carbocycles. The predicted molar refractivity (Wildman–Crippen MR) is 63.3 cm³/mol.